The first kappa shape index (κ1) is 26.7. The predicted molar refractivity (Wildman–Crippen MR) is 142 cm³/mol. The average molecular weight is 510 g/mol. The van der Waals surface area contributed by atoms with Gasteiger partial charge in [0.2, 0.25) is 0 Å². The number of methoxy groups -OCH3 is 2. The van der Waals surface area contributed by atoms with Crippen LogP contribution in [0, 0.1) is 6.92 Å². The summed E-state index contributed by atoms with van der Waals surface area (Å²) in [6.45, 7) is 5.65. The summed E-state index contributed by atoms with van der Waals surface area (Å²) in [5.41, 5.74) is 5.74. The van der Waals surface area contributed by atoms with Crippen molar-refractivity contribution in [2.75, 3.05) is 25.1 Å². The van der Waals surface area contributed by atoms with Gasteiger partial charge in [0.15, 0.2) is 11.5 Å². The molecule has 36 heavy (non-hydrogen) atoms. The van der Waals surface area contributed by atoms with Crippen LogP contribution in [0.25, 0.3) is 0 Å². The topological polar surface area (TPSA) is 97.3 Å². The van der Waals surface area contributed by atoms with E-state index < -0.39 is 22.5 Å². The second-order valence-electron chi connectivity index (χ2n) is 8.48. The maximum absolute atomic E-state index is 13.6. The lowest BCUT2D eigenvalue weighted by Gasteiger charge is -2.24. The third-order valence-electron chi connectivity index (χ3n) is 5.56. The van der Waals surface area contributed by atoms with Crippen molar-refractivity contribution in [3.63, 3.8) is 0 Å². The number of sulfonamides is 1. The summed E-state index contributed by atoms with van der Waals surface area (Å²) >= 11 is 0. The van der Waals surface area contributed by atoms with Crippen molar-refractivity contribution in [2.45, 2.75) is 31.6 Å². The number of carbonyl (C=O) groups excluding carboxylic acids is 1. The van der Waals surface area contributed by atoms with Crippen molar-refractivity contribution in [3.8, 4) is 11.5 Å². The Bertz CT molecular complexity index is 1320. The number of hydrazone groups is 1. The van der Waals surface area contributed by atoms with E-state index in [4.69, 9.17) is 9.47 Å². The first-order valence-electron chi connectivity index (χ1n) is 11.4. The lowest BCUT2D eigenvalue weighted by molar-refractivity contribution is -0.119. The van der Waals surface area contributed by atoms with Gasteiger partial charge in [-0.1, -0.05) is 55.8 Å². The van der Waals surface area contributed by atoms with Gasteiger partial charge in [-0.3, -0.25) is 9.10 Å². The van der Waals surface area contributed by atoms with Gasteiger partial charge < -0.3 is 9.47 Å². The first-order valence-corrected chi connectivity index (χ1v) is 12.8. The molecule has 0 bridgehead atoms. The van der Waals surface area contributed by atoms with Crippen LogP contribution in [-0.2, 0) is 14.8 Å². The van der Waals surface area contributed by atoms with E-state index in [-0.39, 0.29) is 10.6 Å². The molecule has 8 nitrogen and oxygen atoms in total. The molecule has 0 aromatic heterocycles. The summed E-state index contributed by atoms with van der Waals surface area (Å²) < 4.78 is 38.7. The normalized spacial score (nSPS) is 11.5. The molecular weight excluding hydrogens is 478 g/mol. The van der Waals surface area contributed by atoms with Gasteiger partial charge in [-0.25, -0.2) is 13.8 Å². The van der Waals surface area contributed by atoms with Gasteiger partial charge in [-0.15, -0.1) is 0 Å². The Hall–Kier alpha value is -3.85. The van der Waals surface area contributed by atoms with Gasteiger partial charge in [0, 0.05) is 6.07 Å². The maximum atomic E-state index is 13.6. The highest BCUT2D eigenvalue weighted by Crippen LogP contribution is 2.32. The second kappa shape index (κ2) is 11.7. The Labute approximate surface area is 212 Å². The molecule has 0 aliphatic rings. The molecule has 3 rings (SSSR count). The average Bonchev–Trinajstić information content (AvgIpc) is 2.87. The molecule has 0 saturated heterocycles. The van der Waals surface area contributed by atoms with Crippen LogP contribution in [0.4, 0.5) is 5.69 Å². The molecular formula is C27H31N3O5S. The van der Waals surface area contributed by atoms with Gasteiger partial charge in [-0.2, -0.15) is 5.10 Å². The molecule has 3 aromatic carbocycles. The van der Waals surface area contributed by atoms with Crippen molar-refractivity contribution >= 4 is 27.8 Å². The summed E-state index contributed by atoms with van der Waals surface area (Å²) in [6, 6.07) is 19.0. The fraction of sp³-hybridized carbons (Fsp3) is 0.259. The Morgan fingerprint density at radius 3 is 2.19 bits per heavy atom. The number of carbonyl (C=O) groups is 1. The Kier molecular flexibility index (Phi) is 8.71. The van der Waals surface area contributed by atoms with Crippen LogP contribution in [0.1, 0.15) is 36.5 Å². The van der Waals surface area contributed by atoms with Crippen molar-refractivity contribution in [2.24, 2.45) is 5.10 Å². The highest BCUT2D eigenvalue weighted by molar-refractivity contribution is 7.92. The Morgan fingerprint density at radius 1 is 0.972 bits per heavy atom. The second-order valence-corrected chi connectivity index (χ2v) is 10.3. The predicted octanol–water partition coefficient (Wildman–Crippen LogP) is 4.48. The third kappa shape index (κ3) is 6.42. The first-order chi connectivity index (χ1) is 17.1. The van der Waals surface area contributed by atoms with Crippen molar-refractivity contribution < 1.29 is 22.7 Å². The quantitative estimate of drug-likeness (QED) is 0.321. The summed E-state index contributed by atoms with van der Waals surface area (Å²) in [5, 5.41) is 4.00. The Balaban J connectivity index is 1.85. The summed E-state index contributed by atoms with van der Waals surface area (Å²) in [5.74, 6) is 0.484. The number of amides is 1. The number of nitrogens with zero attached hydrogens (tertiary/aromatic N) is 2. The standard InChI is InChI=1S/C27H31N3O5S/c1-19(2)22-10-8-21(9-11-22)17-28-29-27(31)18-30(23-12-6-20(3)7-13-23)36(32,33)24-14-15-25(34-4)26(16-24)35-5/h6-17,19H,18H2,1-5H3,(H,29,31)/b28-17-. The van der Waals surface area contributed by atoms with E-state index in [9.17, 15) is 13.2 Å². The van der Waals surface area contributed by atoms with Crippen molar-refractivity contribution in [1.82, 2.24) is 5.43 Å². The van der Waals surface area contributed by atoms with Crippen LogP contribution in [0.15, 0.2) is 76.7 Å². The van der Waals surface area contributed by atoms with Crippen LogP contribution in [-0.4, -0.2) is 41.3 Å². The maximum Gasteiger partial charge on any atom is 0.264 e. The van der Waals surface area contributed by atoms with E-state index >= 15 is 0 Å². The molecule has 0 spiro atoms. The van der Waals surface area contributed by atoms with Crippen LogP contribution in [0.5, 0.6) is 11.5 Å². The number of rotatable bonds is 10. The fourth-order valence-corrected chi connectivity index (χ4v) is 4.88. The van der Waals surface area contributed by atoms with Crippen molar-refractivity contribution in [1.29, 1.82) is 0 Å². The molecule has 0 saturated carbocycles. The molecule has 0 radical (unpaired) electrons. The molecule has 0 aliphatic heterocycles. The van der Waals surface area contributed by atoms with Gasteiger partial charge in [0.1, 0.15) is 6.54 Å². The molecule has 1 amide bonds. The lowest BCUT2D eigenvalue weighted by atomic mass is 10.0. The molecule has 3 aromatic rings. The van der Waals surface area contributed by atoms with E-state index in [2.05, 4.69) is 24.4 Å². The molecule has 9 heteroatoms. The summed E-state index contributed by atoms with van der Waals surface area (Å²) in [4.78, 5) is 12.7. The highest BCUT2D eigenvalue weighted by Gasteiger charge is 2.28. The molecule has 1 N–H and O–H groups in total. The number of anilines is 1. The zero-order valence-corrected chi connectivity index (χ0v) is 21.9. The van der Waals surface area contributed by atoms with Crippen LogP contribution in [0.2, 0.25) is 0 Å². The molecule has 0 atom stereocenters. The monoisotopic (exact) mass is 509 g/mol. The molecule has 0 unspecified atom stereocenters. The number of aryl methyl sites for hydroxylation is 1. The van der Waals surface area contributed by atoms with Gasteiger partial charge >= 0.3 is 0 Å². The molecule has 0 heterocycles. The fourth-order valence-electron chi connectivity index (χ4n) is 3.44. The van der Waals surface area contributed by atoms with E-state index in [1.807, 2.05) is 31.2 Å². The van der Waals surface area contributed by atoms with Gasteiger partial charge in [-0.05, 0) is 48.2 Å². The minimum absolute atomic E-state index is 0.0396. The van der Waals surface area contributed by atoms with Crippen LogP contribution < -0.4 is 19.2 Å². The Morgan fingerprint density at radius 2 is 1.61 bits per heavy atom. The SMILES string of the molecule is COc1ccc(S(=O)(=O)N(CC(=O)N/N=C\c2ccc(C(C)C)cc2)c2ccc(C)cc2)cc1OC. The highest BCUT2D eigenvalue weighted by atomic mass is 32.2. The largest absolute Gasteiger partial charge is 0.493 e. The van der Waals surface area contributed by atoms with E-state index in [0.29, 0.717) is 17.4 Å². The number of hydrogen-bond donors (Lipinski definition) is 1. The summed E-state index contributed by atoms with van der Waals surface area (Å²) in [7, 11) is -1.23. The third-order valence-corrected chi connectivity index (χ3v) is 7.33. The lowest BCUT2D eigenvalue weighted by Crippen LogP contribution is -2.39. The van der Waals surface area contributed by atoms with Gasteiger partial charge in [0.25, 0.3) is 15.9 Å². The summed E-state index contributed by atoms with van der Waals surface area (Å²) in [6.07, 6.45) is 1.51. The number of ether oxygens (including phenoxy) is 2. The number of nitrogens with one attached hydrogen (secondary N) is 1. The zero-order chi connectivity index (χ0) is 26.3. The molecule has 190 valence electrons. The smallest absolute Gasteiger partial charge is 0.264 e. The van der Waals surface area contributed by atoms with E-state index in [0.717, 1.165) is 15.4 Å². The van der Waals surface area contributed by atoms with Crippen LogP contribution >= 0.6 is 0 Å². The van der Waals surface area contributed by atoms with E-state index in [1.54, 1.807) is 24.3 Å². The number of benzene rings is 3. The molecule has 0 fully saturated rings. The number of hydrogen-bond acceptors (Lipinski definition) is 6. The molecule has 0 aliphatic carbocycles. The zero-order valence-electron chi connectivity index (χ0n) is 21.1. The minimum atomic E-state index is -4.12. The van der Waals surface area contributed by atoms with Gasteiger partial charge in [0.05, 0.1) is 31.0 Å². The minimum Gasteiger partial charge on any atom is -0.493 e. The van der Waals surface area contributed by atoms with E-state index in [1.165, 1.54) is 44.2 Å². The van der Waals surface area contributed by atoms with Crippen molar-refractivity contribution in [3.05, 3.63) is 83.4 Å². The van der Waals surface area contributed by atoms with Crippen LogP contribution in [0.3, 0.4) is 0 Å².